The summed E-state index contributed by atoms with van der Waals surface area (Å²) in [6.07, 6.45) is 0.742. The van der Waals surface area contributed by atoms with Gasteiger partial charge in [0.1, 0.15) is 5.75 Å². The Bertz CT molecular complexity index is 720. The third-order valence-electron chi connectivity index (χ3n) is 4.04. The van der Waals surface area contributed by atoms with Gasteiger partial charge in [0.2, 0.25) is 0 Å². The fraction of sp³-hybridized carbons (Fsp3) is 0.381. The number of carbonyl (C=O) groups is 1. The van der Waals surface area contributed by atoms with Crippen LogP contribution in [0.3, 0.4) is 0 Å². The molecule has 25 heavy (non-hydrogen) atoms. The normalized spacial score (nSPS) is 12.4. The number of carbonyl (C=O) groups excluding carboxylic acids is 1. The topological polar surface area (TPSA) is 50.4 Å². The fourth-order valence-corrected chi connectivity index (χ4v) is 2.83. The Kier molecular flexibility index (Phi) is 6.07. The summed E-state index contributed by atoms with van der Waals surface area (Å²) in [7, 11) is 1.65. The Hall–Kier alpha value is -2.49. The van der Waals surface area contributed by atoms with E-state index in [9.17, 15) is 4.79 Å². The molecule has 2 N–H and O–H groups in total. The van der Waals surface area contributed by atoms with Gasteiger partial charge in [-0.3, -0.25) is 0 Å². The summed E-state index contributed by atoms with van der Waals surface area (Å²) in [5, 5.41) is 5.98. The highest BCUT2D eigenvalue weighted by atomic mass is 16.5. The number of hydrogen-bond acceptors (Lipinski definition) is 2. The van der Waals surface area contributed by atoms with Gasteiger partial charge in [0.15, 0.2) is 0 Å². The molecule has 1 unspecified atom stereocenters. The fourth-order valence-electron chi connectivity index (χ4n) is 2.83. The van der Waals surface area contributed by atoms with Gasteiger partial charge in [-0.15, -0.1) is 0 Å². The highest BCUT2D eigenvalue weighted by Gasteiger charge is 2.19. The van der Waals surface area contributed by atoms with E-state index >= 15 is 0 Å². The van der Waals surface area contributed by atoms with Crippen molar-refractivity contribution in [3.05, 3.63) is 59.7 Å². The van der Waals surface area contributed by atoms with Crippen LogP contribution in [0.1, 0.15) is 38.8 Å². The molecule has 0 aliphatic heterocycles. The van der Waals surface area contributed by atoms with Crippen molar-refractivity contribution in [2.45, 2.75) is 45.6 Å². The maximum absolute atomic E-state index is 12.4. The number of rotatable bonds is 5. The van der Waals surface area contributed by atoms with Gasteiger partial charge in [-0.1, -0.05) is 51.1 Å². The van der Waals surface area contributed by atoms with Crippen molar-refractivity contribution in [1.29, 1.82) is 0 Å². The number of ether oxygens (including phenoxy) is 1. The molecule has 0 heterocycles. The Morgan fingerprint density at radius 1 is 1.12 bits per heavy atom. The first-order valence-corrected chi connectivity index (χ1v) is 8.59. The number of anilines is 1. The van der Waals surface area contributed by atoms with Gasteiger partial charge >= 0.3 is 6.03 Å². The Balaban J connectivity index is 1.98. The van der Waals surface area contributed by atoms with Crippen LogP contribution in [-0.4, -0.2) is 19.2 Å². The molecule has 2 rings (SSSR count). The van der Waals surface area contributed by atoms with Crippen molar-refractivity contribution in [1.82, 2.24) is 5.32 Å². The molecule has 0 saturated carbocycles. The lowest BCUT2D eigenvalue weighted by molar-refractivity contribution is 0.249. The van der Waals surface area contributed by atoms with E-state index in [1.807, 2.05) is 49.4 Å². The second-order valence-electron chi connectivity index (χ2n) is 7.35. The molecule has 0 fully saturated rings. The van der Waals surface area contributed by atoms with Crippen LogP contribution in [0, 0.1) is 0 Å². The minimum atomic E-state index is -0.188. The Morgan fingerprint density at radius 2 is 1.84 bits per heavy atom. The monoisotopic (exact) mass is 340 g/mol. The zero-order valence-electron chi connectivity index (χ0n) is 15.7. The Labute approximate surface area is 150 Å². The highest BCUT2D eigenvalue weighted by molar-refractivity contribution is 5.90. The first-order chi connectivity index (χ1) is 11.8. The van der Waals surface area contributed by atoms with Crippen molar-refractivity contribution in [3.8, 4) is 5.75 Å². The standard InChI is InChI=1S/C21H28N2O2/c1-15(13-16-9-8-10-17(14-16)25-5)22-20(24)23-19-12-7-6-11-18(19)21(2,3)4/h6-12,14-15H,13H2,1-5H3,(H2,22,23,24). The van der Waals surface area contributed by atoms with E-state index in [1.165, 1.54) is 0 Å². The summed E-state index contributed by atoms with van der Waals surface area (Å²) < 4.78 is 5.24. The van der Waals surface area contributed by atoms with Crippen LogP contribution in [0.2, 0.25) is 0 Å². The molecule has 2 aromatic carbocycles. The molecule has 4 heteroatoms. The molecule has 134 valence electrons. The molecule has 0 radical (unpaired) electrons. The number of para-hydroxylation sites is 1. The van der Waals surface area contributed by atoms with Gasteiger partial charge in [0, 0.05) is 11.7 Å². The van der Waals surface area contributed by atoms with Crippen LogP contribution in [0.4, 0.5) is 10.5 Å². The molecule has 4 nitrogen and oxygen atoms in total. The van der Waals surface area contributed by atoms with Crippen LogP contribution < -0.4 is 15.4 Å². The zero-order valence-corrected chi connectivity index (χ0v) is 15.7. The van der Waals surface area contributed by atoms with Crippen molar-refractivity contribution in [2.24, 2.45) is 0 Å². The first-order valence-electron chi connectivity index (χ1n) is 8.59. The predicted molar refractivity (Wildman–Crippen MR) is 103 cm³/mol. The van der Waals surface area contributed by atoms with Crippen molar-refractivity contribution in [3.63, 3.8) is 0 Å². The molecule has 0 aliphatic carbocycles. The SMILES string of the molecule is COc1cccc(CC(C)NC(=O)Nc2ccccc2C(C)(C)C)c1. The minimum Gasteiger partial charge on any atom is -0.497 e. The highest BCUT2D eigenvalue weighted by Crippen LogP contribution is 2.29. The van der Waals surface area contributed by atoms with E-state index in [4.69, 9.17) is 4.74 Å². The summed E-state index contributed by atoms with van der Waals surface area (Å²) in [6, 6.07) is 15.6. The smallest absolute Gasteiger partial charge is 0.319 e. The predicted octanol–water partition coefficient (Wildman–Crippen LogP) is 4.75. The summed E-state index contributed by atoms with van der Waals surface area (Å²) in [5.41, 5.74) is 3.06. The van der Waals surface area contributed by atoms with Gasteiger partial charge in [-0.25, -0.2) is 4.79 Å². The van der Waals surface area contributed by atoms with Crippen molar-refractivity contribution in [2.75, 3.05) is 12.4 Å². The second kappa shape index (κ2) is 8.06. The molecule has 0 spiro atoms. The molecule has 0 aromatic heterocycles. The number of hydrogen-bond donors (Lipinski definition) is 2. The van der Waals surface area contributed by atoms with Crippen LogP contribution >= 0.6 is 0 Å². The largest absolute Gasteiger partial charge is 0.497 e. The average molecular weight is 340 g/mol. The van der Waals surface area contributed by atoms with Crippen LogP contribution in [-0.2, 0) is 11.8 Å². The van der Waals surface area contributed by atoms with E-state index in [-0.39, 0.29) is 17.5 Å². The second-order valence-corrected chi connectivity index (χ2v) is 7.35. The minimum absolute atomic E-state index is 0.00825. The van der Waals surface area contributed by atoms with E-state index in [2.05, 4.69) is 37.5 Å². The summed E-state index contributed by atoms with van der Waals surface area (Å²) in [4.78, 5) is 12.4. The molecule has 0 saturated heterocycles. The van der Waals surface area contributed by atoms with E-state index in [1.54, 1.807) is 7.11 Å². The summed E-state index contributed by atoms with van der Waals surface area (Å²) in [5.74, 6) is 0.827. The zero-order chi connectivity index (χ0) is 18.4. The molecular formula is C21H28N2O2. The molecule has 0 aliphatic rings. The van der Waals surface area contributed by atoms with Gasteiger partial charge in [-0.2, -0.15) is 0 Å². The van der Waals surface area contributed by atoms with Gasteiger partial charge in [-0.05, 0) is 48.1 Å². The Morgan fingerprint density at radius 3 is 2.52 bits per heavy atom. The maximum Gasteiger partial charge on any atom is 0.319 e. The lowest BCUT2D eigenvalue weighted by Crippen LogP contribution is -2.37. The van der Waals surface area contributed by atoms with Crippen molar-refractivity contribution >= 4 is 11.7 Å². The first kappa shape index (κ1) is 18.8. The van der Waals surface area contributed by atoms with E-state index < -0.39 is 0 Å². The van der Waals surface area contributed by atoms with Crippen molar-refractivity contribution < 1.29 is 9.53 Å². The number of urea groups is 1. The lowest BCUT2D eigenvalue weighted by atomic mass is 9.86. The van der Waals surface area contributed by atoms with Crippen LogP contribution in [0.5, 0.6) is 5.75 Å². The number of nitrogens with one attached hydrogen (secondary N) is 2. The van der Waals surface area contributed by atoms with Gasteiger partial charge < -0.3 is 15.4 Å². The van der Waals surface area contributed by atoms with Crippen LogP contribution in [0.15, 0.2) is 48.5 Å². The third kappa shape index (κ3) is 5.52. The molecule has 2 aromatic rings. The number of methoxy groups -OCH3 is 1. The quantitative estimate of drug-likeness (QED) is 0.825. The maximum atomic E-state index is 12.4. The summed E-state index contributed by atoms with van der Waals surface area (Å²) in [6.45, 7) is 8.40. The van der Waals surface area contributed by atoms with Crippen LogP contribution in [0.25, 0.3) is 0 Å². The lowest BCUT2D eigenvalue weighted by Gasteiger charge is -2.23. The van der Waals surface area contributed by atoms with Gasteiger partial charge in [0.25, 0.3) is 0 Å². The summed E-state index contributed by atoms with van der Waals surface area (Å²) >= 11 is 0. The molecule has 1 atom stereocenters. The van der Waals surface area contributed by atoms with Gasteiger partial charge in [0.05, 0.1) is 7.11 Å². The van der Waals surface area contributed by atoms with E-state index in [0.717, 1.165) is 29.0 Å². The molecule has 0 bridgehead atoms. The number of benzene rings is 2. The number of amides is 2. The average Bonchev–Trinajstić information content (AvgIpc) is 2.54. The van der Waals surface area contributed by atoms with E-state index in [0.29, 0.717) is 0 Å². The molecule has 2 amide bonds. The molecular weight excluding hydrogens is 312 g/mol. The third-order valence-corrected chi connectivity index (χ3v) is 4.04.